The van der Waals surface area contributed by atoms with Crippen molar-refractivity contribution >= 4 is 35.1 Å². The first-order valence-electron chi connectivity index (χ1n) is 9.02. The van der Waals surface area contributed by atoms with Crippen molar-refractivity contribution in [2.45, 2.75) is 26.0 Å². The molecule has 29 heavy (non-hydrogen) atoms. The molecule has 0 spiro atoms. The number of carbonyl (C=O) groups excluding carboxylic acids is 3. The Morgan fingerprint density at radius 2 is 2.17 bits per heavy atom. The van der Waals surface area contributed by atoms with Gasteiger partial charge in [0.15, 0.2) is 6.10 Å². The van der Waals surface area contributed by atoms with Crippen molar-refractivity contribution in [1.29, 1.82) is 0 Å². The molecule has 1 aromatic carbocycles. The van der Waals surface area contributed by atoms with Crippen LogP contribution in [-0.2, 0) is 25.7 Å². The van der Waals surface area contributed by atoms with E-state index in [-0.39, 0.29) is 18.9 Å². The normalized spacial score (nSPS) is 17.1. The molecule has 3 rings (SSSR count). The van der Waals surface area contributed by atoms with Crippen LogP contribution in [0.15, 0.2) is 41.0 Å². The zero-order valence-electron chi connectivity index (χ0n) is 16.0. The SMILES string of the molecule is COc1ccc(Cl)cc1NC(=O)[C@@H](C)OC(=O)[C@H]1CC(=O)N(Cc2ccco2)C1. The molecule has 9 heteroatoms. The third-order valence-electron chi connectivity index (χ3n) is 4.56. The van der Waals surface area contributed by atoms with Gasteiger partial charge in [-0.3, -0.25) is 14.4 Å². The smallest absolute Gasteiger partial charge is 0.312 e. The van der Waals surface area contributed by atoms with Crippen LogP contribution >= 0.6 is 11.6 Å². The lowest BCUT2D eigenvalue weighted by Crippen LogP contribution is -2.33. The van der Waals surface area contributed by atoms with Crippen molar-refractivity contribution in [2.24, 2.45) is 5.92 Å². The number of hydrogen-bond donors (Lipinski definition) is 1. The quantitative estimate of drug-likeness (QED) is 0.691. The Morgan fingerprint density at radius 3 is 2.86 bits per heavy atom. The van der Waals surface area contributed by atoms with Crippen LogP contribution < -0.4 is 10.1 Å². The first kappa shape index (κ1) is 20.7. The summed E-state index contributed by atoms with van der Waals surface area (Å²) in [5.74, 6) is -0.860. The summed E-state index contributed by atoms with van der Waals surface area (Å²) >= 11 is 5.95. The summed E-state index contributed by atoms with van der Waals surface area (Å²) in [5.41, 5.74) is 0.369. The molecule has 2 atom stereocenters. The number of amides is 2. The molecule has 1 N–H and O–H groups in total. The first-order valence-corrected chi connectivity index (χ1v) is 9.40. The summed E-state index contributed by atoms with van der Waals surface area (Å²) in [6.45, 7) is 1.97. The second-order valence-corrected chi connectivity index (χ2v) is 7.10. The lowest BCUT2D eigenvalue weighted by atomic mass is 10.1. The van der Waals surface area contributed by atoms with Crippen molar-refractivity contribution in [3.8, 4) is 5.75 Å². The number of rotatable bonds is 7. The zero-order chi connectivity index (χ0) is 21.0. The van der Waals surface area contributed by atoms with Gasteiger partial charge in [-0.2, -0.15) is 0 Å². The second kappa shape index (κ2) is 9.00. The molecule has 8 nitrogen and oxygen atoms in total. The maximum atomic E-state index is 12.4. The maximum absolute atomic E-state index is 12.4. The number of nitrogens with zero attached hydrogens (tertiary/aromatic N) is 1. The predicted molar refractivity (Wildman–Crippen MR) is 104 cm³/mol. The monoisotopic (exact) mass is 420 g/mol. The topological polar surface area (TPSA) is 98.1 Å². The number of esters is 1. The molecule has 1 saturated heterocycles. The lowest BCUT2D eigenvalue weighted by Gasteiger charge is -2.18. The minimum absolute atomic E-state index is 0.0377. The number of anilines is 1. The fraction of sp³-hybridized carbons (Fsp3) is 0.350. The van der Waals surface area contributed by atoms with Crippen LogP contribution in [0.1, 0.15) is 19.1 Å². The molecule has 2 amide bonds. The maximum Gasteiger partial charge on any atom is 0.312 e. The first-order chi connectivity index (χ1) is 13.9. The largest absolute Gasteiger partial charge is 0.495 e. The van der Waals surface area contributed by atoms with Crippen LogP contribution in [0.4, 0.5) is 5.69 Å². The van der Waals surface area contributed by atoms with Crippen LogP contribution in [-0.4, -0.2) is 42.4 Å². The highest BCUT2D eigenvalue weighted by molar-refractivity contribution is 6.31. The number of hydrogen-bond acceptors (Lipinski definition) is 6. The number of carbonyl (C=O) groups is 3. The second-order valence-electron chi connectivity index (χ2n) is 6.67. The molecular weight excluding hydrogens is 400 g/mol. The highest BCUT2D eigenvalue weighted by Crippen LogP contribution is 2.28. The van der Waals surface area contributed by atoms with E-state index in [1.54, 1.807) is 24.3 Å². The molecule has 1 fully saturated rings. The Kier molecular flexibility index (Phi) is 6.43. The molecule has 2 heterocycles. The van der Waals surface area contributed by atoms with E-state index in [2.05, 4.69) is 5.32 Å². The number of ether oxygens (including phenoxy) is 2. The van der Waals surface area contributed by atoms with Gasteiger partial charge in [-0.15, -0.1) is 0 Å². The molecule has 1 aromatic heterocycles. The van der Waals surface area contributed by atoms with Crippen molar-refractivity contribution < 1.29 is 28.3 Å². The molecule has 1 aliphatic rings. The molecule has 0 bridgehead atoms. The van der Waals surface area contributed by atoms with Crippen molar-refractivity contribution in [1.82, 2.24) is 4.90 Å². The van der Waals surface area contributed by atoms with Crippen molar-refractivity contribution in [3.05, 3.63) is 47.4 Å². The van der Waals surface area contributed by atoms with Crippen LogP contribution in [0.3, 0.4) is 0 Å². The summed E-state index contributed by atoms with van der Waals surface area (Å²) in [6, 6.07) is 8.28. The molecule has 2 aromatic rings. The highest BCUT2D eigenvalue weighted by Gasteiger charge is 2.37. The van der Waals surface area contributed by atoms with Gasteiger partial charge in [0.05, 0.1) is 31.5 Å². The van der Waals surface area contributed by atoms with Gasteiger partial charge in [-0.05, 0) is 37.3 Å². The lowest BCUT2D eigenvalue weighted by molar-refractivity contribution is -0.157. The number of likely N-dealkylation sites (tertiary alicyclic amines) is 1. The fourth-order valence-electron chi connectivity index (χ4n) is 3.01. The highest BCUT2D eigenvalue weighted by atomic mass is 35.5. The number of methoxy groups -OCH3 is 1. The minimum atomic E-state index is -1.06. The van der Waals surface area contributed by atoms with Crippen LogP contribution in [0.5, 0.6) is 5.75 Å². The van der Waals surface area contributed by atoms with Crippen LogP contribution in [0.2, 0.25) is 5.02 Å². The van der Waals surface area contributed by atoms with Gasteiger partial charge in [0.1, 0.15) is 11.5 Å². The summed E-state index contributed by atoms with van der Waals surface area (Å²) in [4.78, 5) is 38.5. The van der Waals surface area contributed by atoms with Gasteiger partial charge in [0.25, 0.3) is 5.91 Å². The zero-order valence-corrected chi connectivity index (χ0v) is 16.8. The van der Waals surface area contributed by atoms with Gasteiger partial charge < -0.3 is 24.1 Å². The number of furan rings is 1. The number of benzene rings is 1. The van der Waals surface area contributed by atoms with Gasteiger partial charge in [-0.1, -0.05) is 11.6 Å². The van der Waals surface area contributed by atoms with E-state index in [4.69, 9.17) is 25.5 Å². The van der Waals surface area contributed by atoms with E-state index in [9.17, 15) is 14.4 Å². The van der Waals surface area contributed by atoms with Gasteiger partial charge in [-0.25, -0.2) is 0 Å². The fourth-order valence-corrected chi connectivity index (χ4v) is 3.18. The molecule has 0 aliphatic carbocycles. The summed E-state index contributed by atoms with van der Waals surface area (Å²) in [6.07, 6.45) is 0.507. The molecular formula is C20H21ClN2O6. The molecule has 1 aliphatic heterocycles. The summed E-state index contributed by atoms with van der Waals surface area (Å²) in [5, 5.41) is 3.05. The minimum Gasteiger partial charge on any atom is -0.495 e. The Morgan fingerprint density at radius 1 is 1.38 bits per heavy atom. The van der Waals surface area contributed by atoms with Gasteiger partial charge in [0.2, 0.25) is 5.91 Å². The number of halogens is 1. The van der Waals surface area contributed by atoms with E-state index < -0.39 is 23.9 Å². The summed E-state index contributed by atoms with van der Waals surface area (Å²) in [7, 11) is 1.47. The van der Waals surface area contributed by atoms with Gasteiger partial charge >= 0.3 is 5.97 Å². The molecule has 0 radical (unpaired) electrons. The van der Waals surface area contributed by atoms with E-state index >= 15 is 0 Å². The number of nitrogens with one attached hydrogen (secondary N) is 1. The third kappa shape index (κ3) is 5.08. The molecule has 154 valence electrons. The summed E-state index contributed by atoms with van der Waals surface area (Å²) < 4.78 is 15.7. The molecule has 0 unspecified atom stereocenters. The van der Waals surface area contributed by atoms with Crippen molar-refractivity contribution in [3.63, 3.8) is 0 Å². The Labute approximate surface area is 172 Å². The van der Waals surface area contributed by atoms with E-state index in [0.29, 0.717) is 28.8 Å². The van der Waals surface area contributed by atoms with Crippen molar-refractivity contribution in [2.75, 3.05) is 19.0 Å². The van der Waals surface area contributed by atoms with Gasteiger partial charge in [0, 0.05) is 18.0 Å². The van der Waals surface area contributed by atoms with Crippen LogP contribution in [0.25, 0.3) is 0 Å². The average Bonchev–Trinajstić information content (AvgIpc) is 3.32. The van der Waals surface area contributed by atoms with E-state index in [1.165, 1.54) is 31.3 Å². The van der Waals surface area contributed by atoms with E-state index in [0.717, 1.165) is 0 Å². The third-order valence-corrected chi connectivity index (χ3v) is 4.79. The molecule has 0 saturated carbocycles. The average molecular weight is 421 g/mol. The Bertz CT molecular complexity index is 898. The standard InChI is InChI=1S/C20H21ClN2O6/c1-12(19(25)22-16-9-14(21)5-6-17(16)27-2)29-20(26)13-8-18(24)23(10-13)11-15-4-3-7-28-15/h3-7,9,12-13H,8,10-11H2,1-2H3,(H,22,25)/t12-,13+/m1/s1. The predicted octanol–water partition coefficient (Wildman–Crippen LogP) is 2.86. The Balaban J connectivity index is 1.55. The van der Waals surface area contributed by atoms with E-state index in [1.807, 2.05) is 0 Å². The van der Waals surface area contributed by atoms with Crippen LogP contribution in [0, 0.1) is 5.92 Å². The Hall–Kier alpha value is -3.00.